The number of hydrogen-bond acceptors (Lipinski definition) is 3. The van der Waals surface area contributed by atoms with Crippen molar-refractivity contribution in [2.24, 2.45) is 5.92 Å². The number of amides is 1. The van der Waals surface area contributed by atoms with E-state index in [0.29, 0.717) is 13.0 Å². The summed E-state index contributed by atoms with van der Waals surface area (Å²) in [6.07, 6.45) is 1.34. The highest BCUT2D eigenvalue weighted by atomic mass is 16.5. The molecule has 1 aliphatic heterocycles. The number of likely N-dealkylation sites (tertiary alicyclic amines) is 1. The minimum atomic E-state index is -0.185. The van der Waals surface area contributed by atoms with E-state index in [4.69, 9.17) is 0 Å². The van der Waals surface area contributed by atoms with Crippen molar-refractivity contribution in [3.05, 3.63) is 0 Å². The molecule has 1 amide bonds. The van der Waals surface area contributed by atoms with E-state index in [1.54, 1.807) is 12.7 Å². The van der Waals surface area contributed by atoms with Gasteiger partial charge in [-0.1, -0.05) is 0 Å². The van der Waals surface area contributed by atoms with Gasteiger partial charge in [-0.3, -0.25) is 9.59 Å². The van der Waals surface area contributed by atoms with Gasteiger partial charge in [-0.05, 0) is 12.3 Å². The second-order valence-corrected chi connectivity index (χ2v) is 3.40. The average Bonchev–Trinajstić information content (AvgIpc) is 2.52. The number of carbonyl (C=O) groups excluding carboxylic acids is 2. The van der Waals surface area contributed by atoms with Gasteiger partial charge in [0.15, 0.2) is 5.81 Å². The van der Waals surface area contributed by atoms with Crippen molar-refractivity contribution >= 4 is 19.6 Å². The number of esters is 1. The third kappa shape index (κ3) is 2.75. The van der Waals surface area contributed by atoms with E-state index in [2.05, 4.69) is 4.74 Å². The predicted molar refractivity (Wildman–Crippen MR) is 50.3 cm³/mol. The molecule has 0 aromatic carbocycles. The highest BCUT2D eigenvalue weighted by molar-refractivity contribution is 6.56. The lowest BCUT2D eigenvalue weighted by Crippen LogP contribution is -2.27. The zero-order valence-electron chi connectivity index (χ0n) is 8.08. The molecule has 1 atom stereocenters. The first-order chi connectivity index (χ1) is 6.13. The zero-order chi connectivity index (χ0) is 9.84. The van der Waals surface area contributed by atoms with Crippen molar-refractivity contribution in [3.63, 3.8) is 0 Å². The Bertz CT molecular complexity index is 219. The van der Waals surface area contributed by atoms with Crippen LogP contribution in [0, 0.1) is 5.92 Å². The first kappa shape index (κ1) is 10.1. The van der Waals surface area contributed by atoms with E-state index in [0.717, 1.165) is 13.0 Å². The van der Waals surface area contributed by atoms with Crippen molar-refractivity contribution in [2.75, 3.05) is 20.2 Å². The van der Waals surface area contributed by atoms with Gasteiger partial charge in [0.1, 0.15) is 0 Å². The molecular formula is C8H14BNO3. The molecule has 4 nitrogen and oxygen atoms in total. The summed E-state index contributed by atoms with van der Waals surface area (Å²) in [7, 11) is 2.94. The minimum absolute atomic E-state index is 0.0902. The molecule has 0 aromatic rings. The van der Waals surface area contributed by atoms with Crippen molar-refractivity contribution in [3.8, 4) is 0 Å². The monoisotopic (exact) mass is 183 g/mol. The molecule has 0 spiro atoms. The summed E-state index contributed by atoms with van der Waals surface area (Å²) in [6, 6.07) is 0. The third-order valence-electron chi connectivity index (χ3n) is 2.41. The minimum Gasteiger partial charge on any atom is -0.469 e. The molecular weight excluding hydrogens is 169 g/mol. The van der Waals surface area contributed by atoms with Gasteiger partial charge in [0, 0.05) is 13.1 Å². The van der Waals surface area contributed by atoms with Gasteiger partial charge in [-0.15, -0.1) is 0 Å². The van der Waals surface area contributed by atoms with E-state index in [-0.39, 0.29) is 17.7 Å². The Morgan fingerprint density at radius 2 is 2.31 bits per heavy atom. The number of methoxy groups -OCH3 is 1. The number of carbonyl (C=O) groups is 2. The molecule has 1 saturated heterocycles. The highest BCUT2D eigenvalue weighted by Gasteiger charge is 2.25. The van der Waals surface area contributed by atoms with Crippen molar-refractivity contribution in [1.82, 2.24) is 4.90 Å². The van der Waals surface area contributed by atoms with Crippen LogP contribution >= 0.6 is 0 Å². The Hall–Kier alpha value is -0.995. The Morgan fingerprint density at radius 3 is 2.77 bits per heavy atom. The number of nitrogens with zero attached hydrogens (tertiary/aromatic N) is 1. The van der Waals surface area contributed by atoms with Crippen molar-refractivity contribution in [1.29, 1.82) is 0 Å². The average molecular weight is 183 g/mol. The lowest BCUT2D eigenvalue weighted by molar-refractivity contribution is -0.141. The van der Waals surface area contributed by atoms with Crippen LogP contribution < -0.4 is 0 Å². The molecule has 1 heterocycles. The first-order valence-electron chi connectivity index (χ1n) is 4.45. The van der Waals surface area contributed by atoms with Gasteiger partial charge in [0.2, 0.25) is 7.85 Å². The van der Waals surface area contributed by atoms with Gasteiger partial charge in [-0.25, -0.2) is 0 Å². The molecule has 0 saturated carbocycles. The van der Waals surface area contributed by atoms with Gasteiger partial charge in [0.25, 0.3) is 0 Å². The lowest BCUT2D eigenvalue weighted by atomic mass is 10.1. The molecule has 1 unspecified atom stereocenters. The molecule has 1 fully saturated rings. The van der Waals surface area contributed by atoms with Crippen LogP contribution in [0.2, 0.25) is 0 Å². The molecule has 0 aromatic heterocycles. The van der Waals surface area contributed by atoms with E-state index < -0.39 is 0 Å². The van der Waals surface area contributed by atoms with E-state index >= 15 is 0 Å². The van der Waals surface area contributed by atoms with Crippen LogP contribution in [0.25, 0.3) is 0 Å². The molecule has 0 radical (unpaired) electrons. The molecule has 1 aliphatic rings. The van der Waals surface area contributed by atoms with Crippen LogP contribution in [-0.2, 0) is 9.53 Å². The van der Waals surface area contributed by atoms with Crippen LogP contribution in [0.4, 0.5) is 4.79 Å². The van der Waals surface area contributed by atoms with Crippen molar-refractivity contribution in [2.45, 2.75) is 12.8 Å². The van der Waals surface area contributed by atoms with E-state index in [9.17, 15) is 9.59 Å². The number of rotatable bonds is 2. The molecule has 0 N–H and O–H groups in total. The topological polar surface area (TPSA) is 46.6 Å². The second kappa shape index (κ2) is 4.30. The van der Waals surface area contributed by atoms with Gasteiger partial charge >= 0.3 is 5.97 Å². The summed E-state index contributed by atoms with van der Waals surface area (Å²) in [5, 5.41) is 0. The molecule has 5 heteroatoms. The van der Waals surface area contributed by atoms with Gasteiger partial charge in [-0.2, -0.15) is 0 Å². The fourth-order valence-electron chi connectivity index (χ4n) is 1.60. The van der Waals surface area contributed by atoms with Crippen LogP contribution in [0.3, 0.4) is 0 Å². The number of hydrogen-bond donors (Lipinski definition) is 0. The quantitative estimate of drug-likeness (QED) is 0.433. The summed E-state index contributed by atoms with van der Waals surface area (Å²) < 4.78 is 4.57. The fraction of sp³-hybridized carbons (Fsp3) is 0.750. The van der Waals surface area contributed by atoms with E-state index in [1.165, 1.54) is 7.11 Å². The molecule has 0 aliphatic carbocycles. The van der Waals surface area contributed by atoms with Crippen LogP contribution in [0.15, 0.2) is 0 Å². The fourth-order valence-corrected chi connectivity index (χ4v) is 1.60. The molecule has 1 rings (SSSR count). The maximum absolute atomic E-state index is 11.0. The largest absolute Gasteiger partial charge is 0.469 e. The summed E-state index contributed by atoms with van der Waals surface area (Å²) in [5.74, 6) is 0.194. The molecule has 13 heavy (non-hydrogen) atoms. The van der Waals surface area contributed by atoms with Crippen LogP contribution in [0.5, 0.6) is 0 Å². The first-order valence-corrected chi connectivity index (χ1v) is 4.45. The number of ether oxygens (including phenoxy) is 1. The zero-order valence-corrected chi connectivity index (χ0v) is 8.08. The highest BCUT2D eigenvalue weighted by Crippen LogP contribution is 2.19. The SMILES string of the molecule is BC(=O)N1CCC(CC(=O)OC)C1. The summed E-state index contributed by atoms with van der Waals surface area (Å²) >= 11 is 0. The van der Waals surface area contributed by atoms with Gasteiger partial charge < -0.3 is 9.64 Å². The van der Waals surface area contributed by atoms with Crippen LogP contribution in [0.1, 0.15) is 12.8 Å². The smallest absolute Gasteiger partial charge is 0.305 e. The van der Waals surface area contributed by atoms with Gasteiger partial charge in [0.05, 0.1) is 13.5 Å². The summed E-state index contributed by atoms with van der Waals surface area (Å²) in [6.45, 7) is 1.47. The van der Waals surface area contributed by atoms with Crippen molar-refractivity contribution < 1.29 is 14.3 Å². The Kier molecular flexibility index (Phi) is 3.34. The molecule has 72 valence electrons. The normalized spacial score (nSPS) is 21.6. The molecule has 0 bridgehead atoms. The predicted octanol–water partition coefficient (Wildman–Crippen LogP) is -0.376. The Morgan fingerprint density at radius 1 is 1.62 bits per heavy atom. The Labute approximate surface area is 78.6 Å². The maximum atomic E-state index is 11.0. The lowest BCUT2D eigenvalue weighted by Gasteiger charge is -2.13. The van der Waals surface area contributed by atoms with Crippen LogP contribution in [-0.4, -0.2) is 44.7 Å². The summed E-state index contributed by atoms with van der Waals surface area (Å²) in [5.41, 5.74) is 0. The Balaban J connectivity index is 2.33. The second-order valence-electron chi connectivity index (χ2n) is 3.40. The third-order valence-corrected chi connectivity index (χ3v) is 2.41. The standard InChI is InChI=1S/C8H14BNO3/c1-13-7(11)4-6-2-3-10(5-6)8(9)12/h6H,2-5,9H2,1H3. The summed E-state index contributed by atoms with van der Waals surface area (Å²) in [4.78, 5) is 23.6. The van der Waals surface area contributed by atoms with E-state index in [1.807, 2.05) is 0 Å². The maximum Gasteiger partial charge on any atom is 0.305 e.